The molecule has 4 aromatic rings. The van der Waals surface area contributed by atoms with E-state index in [1.807, 2.05) is 24.3 Å². The fraction of sp³-hybridized carbons (Fsp3) is 0.214. The van der Waals surface area contributed by atoms with Crippen LogP contribution in [0.4, 0.5) is 0 Å². The minimum Gasteiger partial charge on any atom is -0.383 e. The zero-order chi connectivity index (χ0) is 24.5. The van der Waals surface area contributed by atoms with Gasteiger partial charge in [0.1, 0.15) is 16.9 Å². The number of aliphatic hydroxyl groups is 2. The van der Waals surface area contributed by atoms with E-state index in [4.69, 9.17) is 0 Å². The van der Waals surface area contributed by atoms with Crippen LogP contribution in [-0.4, -0.2) is 30.9 Å². The van der Waals surface area contributed by atoms with Gasteiger partial charge in [-0.1, -0.05) is 46.3 Å². The number of pyridine rings is 3. The first-order valence-electron chi connectivity index (χ1n) is 11.4. The SMILES string of the molecule is O=C(c1ccccn1)C1C(O)(c2ccccn2)CC(c2ccc(Br)cc2)CC1(O)c1ccccn1. The average molecular weight is 530 g/mol. The molecule has 0 radical (unpaired) electrons. The molecule has 1 aliphatic carbocycles. The van der Waals surface area contributed by atoms with Gasteiger partial charge in [0, 0.05) is 23.1 Å². The summed E-state index contributed by atoms with van der Waals surface area (Å²) in [6, 6.07) is 23.3. The highest BCUT2D eigenvalue weighted by Gasteiger charge is 2.61. The van der Waals surface area contributed by atoms with Gasteiger partial charge in [-0.05, 0) is 72.9 Å². The molecule has 1 aromatic carbocycles. The monoisotopic (exact) mass is 529 g/mol. The molecule has 6 nitrogen and oxygen atoms in total. The lowest BCUT2D eigenvalue weighted by molar-refractivity contribution is -0.160. The zero-order valence-electron chi connectivity index (χ0n) is 18.8. The normalized spacial score (nSPS) is 26.3. The van der Waals surface area contributed by atoms with E-state index in [0.717, 1.165) is 10.0 Å². The molecule has 0 amide bonds. The molecule has 3 heterocycles. The van der Waals surface area contributed by atoms with Crippen molar-refractivity contribution >= 4 is 21.7 Å². The number of halogens is 1. The second-order valence-corrected chi connectivity index (χ2v) is 9.86. The number of rotatable bonds is 5. The molecule has 0 aliphatic heterocycles. The minimum absolute atomic E-state index is 0.170. The number of ketones is 1. The molecular formula is C28H24BrN3O3. The smallest absolute Gasteiger partial charge is 0.190 e. The highest BCUT2D eigenvalue weighted by Crippen LogP contribution is 2.56. The van der Waals surface area contributed by atoms with Crippen LogP contribution in [-0.2, 0) is 11.2 Å². The Kier molecular flexibility index (Phi) is 6.32. The number of carbonyl (C=O) groups is 1. The van der Waals surface area contributed by atoms with Crippen LogP contribution in [0.15, 0.2) is 102 Å². The second-order valence-electron chi connectivity index (χ2n) is 8.95. The minimum atomic E-state index is -1.78. The van der Waals surface area contributed by atoms with E-state index in [2.05, 4.69) is 30.9 Å². The highest BCUT2D eigenvalue weighted by molar-refractivity contribution is 9.10. The molecule has 2 unspecified atom stereocenters. The van der Waals surface area contributed by atoms with Gasteiger partial charge in [-0.15, -0.1) is 0 Å². The van der Waals surface area contributed by atoms with Gasteiger partial charge in [0.15, 0.2) is 5.78 Å². The molecule has 3 aromatic heterocycles. The Morgan fingerprint density at radius 2 is 1.26 bits per heavy atom. The topological polar surface area (TPSA) is 96.2 Å². The van der Waals surface area contributed by atoms with Gasteiger partial charge in [0.05, 0.1) is 17.3 Å². The first kappa shape index (κ1) is 23.5. The zero-order valence-corrected chi connectivity index (χ0v) is 20.4. The number of aromatic nitrogens is 3. The summed E-state index contributed by atoms with van der Waals surface area (Å²) in [7, 11) is 0. The maximum atomic E-state index is 14.0. The Morgan fingerprint density at radius 3 is 1.71 bits per heavy atom. The summed E-state index contributed by atoms with van der Waals surface area (Å²) in [5, 5.41) is 24.8. The molecule has 0 spiro atoms. The van der Waals surface area contributed by atoms with E-state index < -0.39 is 22.9 Å². The van der Waals surface area contributed by atoms with Gasteiger partial charge in [0.2, 0.25) is 0 Å². The number of carbonyl (C=O) groups excluding carboxylic acids is 1. The van der Waals surface area contributed by atoms with Crippen molar-refractivity contribution in [1.29, 1.82) is 0 Å². The summed E-state index contributed by atoms with van der Waals surface area (Å²) >= 11 is 3.47. The lowest BCUT2D eigenvalue weighted by Gasteiger charge is -2.51. The summed E-state index contributed by atoms with van der Waals surface area (Å²) < 4.78 is 0.931. The number of nitrogens with zero attached hydrogens (tertiary/aromatic N) is 3. The predicted molar refractivity (Wildman–Crippen MR) is 134 cm³/mol. The molecule has 1 fully saturated rings. The maximum Gasteiger partial charge on any atom is 0.190 e. The van der Waals surface area contributed by atoms with Gasteiger partial charge in [-0.3, -0.25) is 19.7 Å². The van der Waals surface area contributed by atoms with E-state index in [0.29, 0.717) is 11.4 Å². The van der Waals surface area contributed by atoms with Crippen molar-refractivity contribution < 1.29 is 15.0 Å². The summed E-state index contributed by atoms with van der Waals surface area (Å²) in [4.78, 5) is 27.1. The quantitative estimate of drug-likeness (QED) is 0.361. The van der Waals surface area contributed by atoms with Crippen LogP contribution in [0, 0.1) is 5.92 Å². The number of hydrogen-bond donors (Lipinski definition) is 2. The molecule has 0 saturated heterocycles. The van der Waals surface area contributed by atoms with Crippen LogP contribution in [0.25, 0.3) is 0 Å². The third-order valence-electron chi connectivity index (χ3n) is 6.81. The van der Waals surface area contributed by atoms with Gasteiger partial charge < -0.3 is 10.2 Å². The van der Waals surface area contributed by atoms with E-state index in [1.165, 1.54) is 6.20 Å². The van der Waals surface area contributed by atoms with Gasteiger partial charge in [0.25, 0.3) is 0 Å². The van der Waals surface area contributed by atoms with E-state index in [-0.39, 0.29) is 24.5 Å². The largest absolute Gasteiger partial charge is 0.383 e. The summed E-state index contributed by atoms with van der Waals surface area (Å²) in [5.74, 6) is -2.00. The molecule has 7 heteroatoms. The van der Waals surface area contributed by atoms with Crippen molar-refractivity contribution in [2.45, 2.75) is 30.0 Å². The van der Waals surface area contributed by atoms with Crippen molar-refractivity contribution in [3.8, 4) is 0 Å². The Bertz CT molecular complexity index is 1250. The summed E-state index contributed by atoms with van der Waals surface area (Å²) in [6.45, 7) is 0. The van der Waals surface area contributed by atoms with Crippen LogP contribution in [0.5, 0.6) is 0 Å². The molecule has 35 heavy (non-hydrogen) atoms. The molecule has 2 atom stereocenters. The lowest BCUT2D eigenvalue weighted by Crippen LogP contribution is -2.57. The van der Waals surface area contributed by atoms with Gasteiger partial charge in [-0.2, -0.15) is 0 Å². The number of benzene rings is 1. The van der Waals surface area contributed by atoms with Gasteiger partial charge in [-0.25, -0.2) is 0 Å². The molecule has 5 rings (SSSR count). The van der Waals surface area contributed by atoms with Crippen LogP contribution in [0.1, 0.15) is 46.2 Å². The van der Waals surface area contributed by atoms with Crippen LogP contribution in [0.2, 0.25) is 0 Å². The van der Waals surface area contributed by atoms with Crippen molar-refractivity contribution in [3.63, 3.8) is 0 Å². The Labute approximate surface area is 211 Å². The number of Topliss-reactive ketones (excluding diaryl/α,β-unsaturated/α-hetero) is 1. The lowest BCUT2D eigenvalue weighted by atomic mass is 9.57. The second kappa shape index (κ2) is 9.41. The fourth-order valence-electron chi connectivity index (χ4n) is 5.26. The van der Waals surface area contributed by atoms with Crippen molar-refractivity contribution in [3.05, 3.63) is 125 Å². The predicted octanol–water partition coefficient (Wildman–Crippen LogP) is 4.79. The van der Waals surface area contributed by atoms with E-state index >= 15 is 0 Å². The fourth-order valence-corrected chi connectivity index (χ4v) is 5.52. The maximum absolute atomic E-state index is 14.0. The summed E-state index contributed by atoms with van der Waals surface area (Å²) in [5.41, 5.74) is -1.80. The average Bonchev–Trinajstić information content (AvgIpc) is 2.90. The van der Waals surface area contributed by atoms with Crippen molar-refractivity contribution in [2.24, 2.45) is 5.92 Å². The molecule has 2 N–H and O–H groups in total. The van der Waals surface area contributed by atoms with Crippen LogP contribution in [0.3, 0.4) is 0 Å². The Balaban J connectivity index is 1.73. The first-order valence-corrected chi connectivity index (χ1v) is 12.2. The Morgan fingerprint density at radius 1 is 0.743 bits per heavy atom. The van der Waals surface area contributed by atoms with Gasteiger partial charge >= 0.3 is 0 Å². The van der Waals surface area contributed by atoms with Crippen LogP contribution >= 0.6 is 15.9 Å². The van der Waals surface area contributed by atoms with Crippen molar-refractivity contribution in [1.82, 2.24) is 15.0 Å². The van der Waals surface area contributed by atoms with Crippen molar-refractivity contribution in [2.75, 3.05) is 0 Å². The molecule has 1 aliphatic rings. The molecule has 176 valence electrons. The standard InChI is InChI=1S/C28H24BrN3O3/c29-21-12-10-19(11-13-21)20-17-27(34,23-8-2-5-15-31-23)26(25(33)22-7-1-4-14-30-22)28(35,18-20)24-9-3-6-16-32-24/h1-16,20,26,34-35H,17-18H2. The third-order valence-corrected chi connectivity index (χ3v) is 7.34. The molecule has 1 saturated carbocycles. The third kappa shape index (κ3) is 4.31. The summed E-state index contributed by atoms with van der Waals surface area (Å²) in [6.07, 6.45) is 5.09. The molecule has 0 bridgehead atoms. The van der Waals surface area contributed by atoms with E-state index in [9.17, 15) is 15.0 Å². The first-order chi connectivity index (χ1) is 16.9. The molecular weight excluding hydrogens is 506 g/mol. The number of hydrogen-bond acceptors (Lipinski definition) is 6. The van der Waals surface area contributed by atoms with E-state index in [1.54, 1.807) is 67.0 Å². The van der Waals surface area contributed by atoms with Crippen LogP contribution < -0.4 is 0 Å². The Hall–Kier alpha value is -3.26. The highest BCUT2D eigenvalue weighted by atomic mass is 79.9.